The minimum Gasteiger partial charge on any atom is -0.383 e. The Morgan fingerprint density at radius 1 is 1.32 bits per heavy atom. The van der Waals surface area contributed by atoms with Crippen molar-refractivity contribution in [3.63, 3.8) is 0 Å². The zero-order chi connectivity index (χ0) is 19.4. The molecule has 1 spiro atoms. The van der Waals surface area contributed by atoms with Gasteiger partial charge in [0.25, 0.3) is 0 Å². The molecule has 1 aromatic heterocycles. The summed E-state index contributed by atoms with van der Waals surface area (Å²) in [6, 6.07) is 10.2. The van der Waals surface area contributed by atoms with E-state index in [9.17, 15) is 4.79 Å². The summed E-state index contributed by atoms with van der Waals surface area (Å²) in [7, 11) is 1.68. The van der Waals surface area contributed by atoms with Crippen molar-refractivity contribution in [1.82, 2.24) is 4.90 Å². The van der Waals surface area contributed by atoms with E-state index < -0.39 is 0 Å². The van der Waals surface area contributed by atoms with Gasteiger partial charge in [0.2, 0.25) is 5.91 Å². The van der Waals surface area contributed by atoms with Crippen molar-refractivity contribution in [3.05, 3.63) is 46.7 Å². The molecule has 1 amide bonds. The van der Waals surface area contributed by atoms with E-state index >= 15 is 0 Å². The summed E-state index contributed by atoms with van der Waals surface area (Å²) in [5.74, 6) is 1.07. The summed E-state index contributed by atoms with van der Waals surface area (Å²) in [5.41, 5.74) is 2.78. The summed E-state index contributed by atoms with van der Waals surface area (Å²) < 4.78 is 5.18. The molecule has 2 aliphatic rings. The minimum atomic E-state index is -0.384. The van der Waals surface area contributed by atoms with Crippen LogP contribution in [0.5, 0.6) is 0 Å². The van der Waals surface area contributed by atoms with Gasteiger partial charge in [-0.1, -0.05) is 12.1 Å². The molecular formula is C21H26N4O2S. The number of thiophene rings is 1. The number of hydrogen-bond acceptors (Lipinski definition) is 5. The van der Waals surface area contributed by atoms with Gasteiger partial charge in [-0.3, -0.25) is 9.79 Å². The van der Waals surface area contributed by atoms with Gasteiger partial charge >= 0.3 is 0 Å². The van der Waals surface area contributed by atoms with E-state index in [0.717, 1.165) is 42.2 Å². The molecule has 6 nitrogen and oxygen atoms in total. The fraction of sp³-hybridized carbons (Fsp3) is 0.429. The molecule has 1 aromatic carbocycles. The molecule has 2 aromatic rings. The van der Waals surface area contributed by atoms with E-state index in [2.05, 4.69) is 16.7 Å². The van der Waals surface area contributed by atoms with Gasteiger partial charge in [0.1, 0.15) is 11.4 Å². The standard InChI is InChI=1S/C21H26N4O2S/c1-27-11-9-22-20-21(24-18-6-3-2-5-17(18)23-20)8-4-10-25(15-21)19(26)13-16-7-12-28-14-16/h2-3,5-7,12,14,24H,4,8-11,13,15H2,1H3,(H,22,23)/t21-/m1/s1. The second kappa shape index (κ2) is 8.32. The molecule has 1 fully saturated rings. The van der Waals surface area contributed by atoms with Crippen molar-refractivity contribution >= 4 is 34.5 Å². The molecule has 1 atom stereocenters. The quantitative estimate of drug-likeness (QED) is 0.759. The number of amidine groups is 1. The molecule has 2 aliphatic heterocycles. The van der Waals surface area contributed by atoms with Crippen molar-refractivity contribution < 1.29 is 9.53 Å². The van der Waals surface area contributed by atoms with Gasteiger partial charge in [-0.05, 0) is 47.4 Å². The van der Waals surface area contributed by atoms with Gasteiger partial charge in [-0.15, -0.1) is 0 Å². The normalized spacial score (nSPS) is 22.6. The zero-order valence-electron chi connectivity index (χ0n) is 16.1. The highest BCUT2D eigenvalue weighted by Gasteiger charge is 2.44. The smallest absolute Gasteiger partial charge is 0.227 e. The number of aliphatic imine (C=N–C) groups is 1. The van der Waals surface area contributed by atoms with Crippen LogP contribution in [0.3, 0.4) is 0 Å². The van der Waals surface area contributed by atoms with Crippen LogP contribution in [0.4, 0.5) is 11.4 Å². The maximum absolute atomic E-state index is 12.9. The first kappa shape index (κ1) is 19.0. The third kappa shape index (κ3) is 3.91. The molecule has 0 radical (unpaired) electrons. The van der Waals surface area contributed by atoms with Crippen LogP contribution in [0.1, 0.15) is 18.4 Å². The van der Waals surface area contributed by atoms with Crippen molar-refractivity contribution in [2.75, 3.05) is 44.0 Å². The van der Waals surface area contributed by atoms with Crippen LogP contribution in [-0.2, 0) is 16.0 Å². The number of carbonyl (C=O) groups is 1. The summed E-state index contributed by atoms with van der Waals surface area (Å²) in [4.78, 5) is 19.7. The summed E-state index contributed by atoms with van der Waals surface area (Å²) >= 11 is 1.63. The van der Waals surface area contributed by atoms with E-state index in [1.165, 1.54) is 0 Å². The monoisotopic (exact) mass is 398 g/mol. The number of nitrogens with one attached hydrogen (secondary N) is 2. The zero-order valence-corrected chi connectivity index (χ0v) is 16.9. The van der Waals surface area contributed by atoms with Crippen LogP contribution in [0.2, 0.25) is 0 Å². The summed E-state index contributed by atoms with van der Waals surface area (Å²) in [6.07, 6.45) is 2.33. The van der Waals surface area contributed by atoms with Gasteiger partial charge in [-0.25, -0.2) is 0 Å². The predicted molar refractivity (Wildman–Crippen MR) is 114 cm³/mol. The number of piperidine rings is 1. The fourth-order valence-electron chi connectivity index (χ4n) is 3.95. The summed E-state index contributed by atoms with van der Waals surface area (Å²) in [5, 5.41) is 11.3. The van der Waals surface area contributed by atoms with Gasteiger partial charge in [0.05, 0.1) is 37.5 Å². The third-order valence-corrected chi connectivity index (χ3v) is 6.09. The maximum Gasteiger partial charge on any atom is 0.227 e. The number of carbonyl (C=O) groups excluding carboxylic acids is 1. The Kier molecular flexibility index (Phi) is 5.64. The summed E-state index contributed by atoms with van der Waals surface area (Å²) in [6.45, 7) is 2.57. The number of fused-ring (bicyclic) bond motifs is 1. The predicted octanol–water partition coefficient (Wildman–Crippen LogP) is 3.23. The largest absolute Gasteiger partial charge is 0.383 e. The lowest BCUT2D eigenvalue weighted by molar-refractivity contribution is -0.131. The van der Waals surface area contributed by atoms with Crippen molar-refractivity contribution in [2.24, 2.45) is 4.99 Å². The first-order valence-electron chi connectivity index (χ1n) is 9.67. The number of hydrogen-bond donors (Lipinski definition) is 2. The van der Waals surface area contributed by atoms with Crippen LogP contribution in [-0.4, -0.2) is 55.5 Å². The number of rotatable bonds is 5. The SMILES string of the molecule is COCCN=C1Nc2ccccc2N[C@@]12CCCN(C(=O)Cc1ccsc1)C2. The van der Waals surface area contributed by atoms with Gasteiger partial charge in [0.15, 0.2) is 0 Å². The first-order chi connectivity index (χ1) is 13.7. The highest BCUT2D eigenvalue weighted by molar-refractivity contribution is 7.08. The lowest BCUT2D eigenvalue weighted by atomic mass is 9.85. The number of likely N-dealkylation sites (tertiary alicyclic amines) is 1. The topological polar surface area (TPSA) is 66.0 Å². The number of nitrogens with zero attached hydrogens (tertiary/aromatic N) is 2. The molecule has 148 valence electrons. The minimum absolute atomic E-state index is 0.175. The Bertz CT molecular complexity index is 852. The number of methoxy groups -OCH3 is 1. The Balaban J connectivity index is 1.58. The Morgan fingerprint density at radius 3 is 2.96 bits per heavy atom. The number of anilines is 2. The molecule has 1 saturated heterocycles. The second-order valence-corrected chi connectivity index (χ2v) is 8.11. The molecule has 0 bridgehead atoms. The van der Waals surface area contributed by atoms with E-state index in [4.69, 9.17) is 9.73 Å². The van der Waals surface area contributed by atoms with Gasteiger partial charge < -0.3 is 20.3 Å². The van der Waals surface area contributed by atoms with Crippen molar-refractivity contribution in [2.45, 2.75) is 24.8 Å². The lowest BCUT2D eigenvalue weighted by Crippen LogP contribution is -2.62. The average molecular weight is 399 g/mol. The van der Waals surface area contributed by atoms with Crippen LogP contribution >= 0.6 is 11.3 Å². The van der Waals surface area contributed by atoms with E-state index in [-0.39, 0.29) is 11.4 Å². The van der Waals surface area contributed by atoms with Gasteiger partial charge in [0, 0.05) is 13.7 Å². The molecule has 3 heterocycles. The Labute approximate surface area is 169 Å². The molecule has 0 saturated carbocycles. The maximum atomic E-state index is 12.9. The second-order valence-electron chi connectivity index (χ2n) is 7.33. The Hall–Kier alpha value is -2.38. The van der Waals surface area contributed by atoms with E-state index in [1.807, 2.05) is 39.9 Å². The molecular weight excluding hydrogens is 372 g/mol. The van der Waals surface area contributed by atoms with Crippen LogP contribution < -0.4 is 10.6 Å². The molecule has 0 unspecified atom stereocenters. The third-order valence-electron chi connectivity index (χ3n) is 5.35. The van der Waals surface area contributed by atoms with Crippen LogP contribution in [0, 0.1) is 0 Å². The van der Waals surface area contributed by atoms with Crippen LogP contribution in [0.15, 0.2) is 46.1 Å². The molecule has 0 aliphatic carbocycles. The average Bonchev–Trinajstić information content (AvgIpc) is 3.22. The number of para-hydroxylation sites is 2. The highest BCUT2D eigenvalue weighted by atomic mass is 32.1. The number of benzene rings is 1. The van der Waals surface area contributed by atoms with Crippen molar-refractivity contribution in [3.8, 4) is 0 Å². The van der Waals surface area contributed by atoms with E-state index in [1.54, 1.807) is 18.4 Å². The molecule has 7 heteroatoms. The van der Waals surface area contributed by atoms with Gasteiger partial charge in [-0.2, -0.15) is 11.3 Å². The number of amides is 1. The highest BCUT2D eigenvalue weighted by Crippen LogP contribution is 2.36. The Morgan fingerprint density at radius 2 is 2.18 bits per heavy atom. The molecule has 28 heavy (non-hydrogen) atoms. The fourth-order valence-corrected chi connectivity index (χ4v) is 4.62. The number of ether oxygens (including phenoxy) is 1. The van der Waals surface area contributed by atoms with E-state index in [0.29, 0.717) is 26.1 Å². The molecule has 2 N–H and O–H groups in total. The van der Waals surface area contributed by atoms with Crippen LogP contribution in [0.25, 0.3) is 0 Å². The first-order valence-corrected chi connectivity index (χ1v) is 10.6. The lowest BCUT2D eigenvalue weighted by Gasteiger charge is -2.47. The van der Waals surface area contributed by atoms with Crippen molar-refractivity contribution in [1.29, 1.82) is 0 Å². The molecule has 4 rings (SSSR count).